The molecule has 4 nitrogen and oxygen atoms in total. The van der Waals surface area contributed by atoms with Gasteiger partial charge in [-0.25, -0.2) is 4.99 Å². The van der Waals surface area contributed by atoms with Gasteiger partial charge in [-0.2, -0.15) is 0 Å². The van der Waals surface area contributed by atoms with Crippen molar-refractivity contribution in [2.75, 3.05) is 5.32 Å². The van der Waals surface area contributed by atoms with Crippen molar-refractivity contribution in [2.24, 2.45) is 4.99 Å². The number of carbonyl (C=O) groups is 1. The Labute approximate surface area is 104 Å². The summed E-state index contributed by atoms with van der Waals surface area (Å²) in [6.07, 6.45) is 0. The van der Waals surface area contributed by atoms with Crippen molar-refractivity contribution < 1.29 is 9.90 Å². The summed E-state index contributed by atoms with van der Waals surface area (Å²) in [6, 6.07) is 13.9. The van der Waals surface area contributed by atoms with Crippen LogP contribution in [0, 0.1) is 0 Å². The minimum absolute atomic E-state index is 0.128. The first kappa shape index (κ1) is 10.5. The maximum absolute atomic E-state index is 11.8. The molecule has 1 heterocycles. The zero-order valence-corrected chi connectivity index (χ0v) is 9.42. The van der Waals surface area contributed by atoms with E-state index in [1.54, 1.807) is 18.2 Å². The smallest absolute Gasteiger partial charge is 0.275 e. The van der Waals surface area contributed by atoms with Crippen LogP contribution in [0.3, 0.4) is 0 Å². The van der Waals surface area contributed by atoms with Gasteiger partial charge < -0.3 is 10.4 Å². The number of amides is 1. The van der Waals surface area contributed by atoms with Gasteiger partial charge in [-0.3, -0.25) is 4.79 Å². The van der Waals surface area contributed by atoms with Crippen LogP contribution in [0.25, 0.3) is 0 Å². The highest BCUT2D eigenvalue weighted by atomic mass is 16.3. The van der Waals surface area contributed by atoms with Gasteiger partial charge >= 0.3 is 0 Å². The van der Waals surface area contributed by atoms with Gasteiger partial charge in [0.25, 0.3) is 5.91 Å². The number of aliphatic imine (C=N–C) groups is 1. The summed E-state index contributed by atoms with van der Waals surface area (Å²) in [4.78, 5) is 16.1. The Hall–Kier alpha value is -2.62. The summed E-state index contributed by atoms with van der Waals surface area (Å²) < 4.78 is 0. The lowest BCUT2D eigenvalue weighted by molar-refractivity contribution is -0.110. The fourth-order valence-electron chi connectivity index (χ4n) is 1.91. The molecule has 2 N–H and O–H groups in total. The van der Waals surface area contributed by atoms with Crippen molar-refractivity contribution in [3.8, 4) is 5.75 Å². The van der Waals surface area contributed by atoms with E-state index in [-0.39, 0.29) is 11.7 Å². The lowest BCUT2D eigenvalue weighted by Crippen LogP contribution is -2.13. The highest BCUT2D eigenvalue weighted by Gasteiger charge is 2.25. The Bertz CT molecular complexity index is 662. The zero-order chi connectivity index (χ0) is 12.5. The molecular formula is C14H10N2O2. The van der Waals surface area contributed by atoms with Gasteiger partial charge in [0.2, 0.25) is 0 Å². The van der Waals surface area contributed by atoms with Crippen LogP contribution in [0.4, 0.5) is 11.4 Å². The van der Waals surface area contributed by atoms with Crippen LogP contribution < -0.4 is 5.32 Å². The van der Waals surface area contributed by atoms with E-state index in [1.807, 2.05) is 24.3 Å². The molecule has 0 atom stereocenters. The molecule has 3 rings (SSSR count). The van der Waals surface area contributed by atoms with Crippen molar-refractivity contribution in [3.05, 3.63) is 54.1 Å². The molecule has 0 bridgehead atoms. The second-order valence-electron chi connectivity index (χ2n) is 3.98. The SMILES string of the molecule is O=C1Nc2ccccc2C1=Nc1cccc(O)c1. The zero-order valence-electron chi connectivity index (χ0n) is 9.42. The number of phenolic OH excluding ortho intramolecular Hbond substituents is 1. The average molecular weight is 238 g/mol. The first-order valence-electron chi connectivity index (χ1n) is 5.52. The molecule has 0 unspecified atom stereocenters. The topological polar surface area (TPSA) is 61.7 Å². The normalized spacial score (nSPS) is 15.6. The van der Waals surface area contributed by atoms with E-state index in [4.69, 9.17) is 0 Å². The van der Waals surface area contributed by atoms with E-state index in [2.05, 4.69) is 10.3 Å². The minimum Gasteiger partial charge on any atom is -0.508 e. The number of rotatable bonds is 1. The quantitative estimate of drug-likeness (QED) is 0.801. The molecule has 18 heavy (non-hydrogen) atoms. The predicted molar refractivity (Wildman–Crippen MR) is 69.4 cm³/mol. The molecule has 1 aliphatic heterocycles. The van der Waals surface area contributed by atoms with Crippen molar-refractivity contribution in [1.82, 2.24) is 0 Å². The van der Waals surface area contributed by atoms with E-state index in [0.29, 0.717) is 11.4 Å². The van der Waals surface area contributed by atoms with Crippen LogP contribution in [-0.2, 0) is 4.79 Å². The summed E-state index contributed by atoms with van der Waals surface area (Å²) in [5.41, 5.74) is 2.47. The minimum atomic E-state index is -0.223. The molecule has 1 amide bonds. The van der Waals surface area contributed by atoms with Gasteiger partial charge in [0, 0.05) is 11.6 Å². The predicted octanol–water partition coefficient (Wildman–Crippen LogP) is 2.47. The number of nitrogens with one attached hydrogen (secondary N) is 1. The fourth-order valence-corrected chi connectivity index (χ4v) is 1.91. The monoisotopic (exact) mass is 238 g/mol. The number of para-hydroxylation sites is 1. The number of hydrogen-bond acceptors (Lipinski definition) is 3. The Morgan fingerprint density at radius 2 is 1.89 bits per heavy atom. The Morgan fingerprint density at radius 3 is 2.72 bits per heavy atom. The first-order chi connectivity index (χ1) is 8.74. The van der Waals surface area contributed by atoms with Crippen LogP contribution in [0.15, 0.2) is 53.5 Å². The summed E-state index contributed by atoms with van der Waals surface area (Å²) in [5, 5.41) is 12.1. The highest BCUT2D eigenvalue weighted by molar-refractivity contribution is 6.54. The third-order valence-electron chi connectivity index (χ3n) is 2.72. The van der Waals surface area contributed by atoms with Crippen molar-refractivity contribution in [3.63, 3.8) is 0 Å². The summed E-state index contributed by atoms with van der Waals surface area (Å²) in [5.74, 6) is -0.0944. The Kier molecular flexibility index (Phi) is 2.34. The molecule has 2 aromatic rings. The number of aromatic hydroxyl groups is 1. The molecule has 4 heteroatoms. The standard InChI is InChI=1S/C14H10N2O2/c17-10-5-3-4-9(8-10)15-13-11-6-1-2-7-12(11)16-14(13)18/h1-8,17H,(H,15,16,18). The van der Waals surface area contributed by atoms with Gasteiger partial charge in [0.05, 0.1) is 11.4 Å². The number of hydrogen-bond donors (Lipinski definition) is 2. The molecule has 1 aliphatic rings. The third kappa shape index (κ3) is 1.73. The lowest BCUT2D eigenvalue weighted by atomic mass is 10.1. The maximum Gasteiger partial charge on any atom is 0.275 e. The van der Waals surface area contributed by atoms with Crippen LogP contribution >= 0.6 is 0 Å². The molecule has 0 radical (unpaired) electrons. The van der Waals surface area contributed by atoms with E-state index in [1.165, 1.54) is 6.07 Å². The summed E-state index contributed by atoms with van der Waals surface area (Å²) >= 11 is 0. The number of nitrogens with zero attached hydrogens (tertiary/aromatic N) is 1. The number of phenols is 1. The summed E-state index contributed by atoms with van der Waals surface area (Å²) in [6.45, 7) is 0. The number of anilines is 1. The van der Waals surface area contributed by atoms with E-state index >= 15 is 0 Å². The van der Waals surface area contributed by atoms with Gasteiger partial charge in [-0.15, -0.1) is 0 Å². The fraction of sp³-hybridized carbons (Fsp3) is 0. The van der Waals surface area contributed by atoms with E-state index in [0.717, 1.165) is 11.3 Å². The molecular weight excluding hydrogens is 228 g/mol. The molecule has 0 aromatic heterocycles. The molecule has 0 saturated carbocycles. The van der Waals surface area contributed by atoms with Gasteiger partial charge in [-0.05, 0) is 18.2 Å². The van der Waals surface area contributed by atoms with Gasteiger partial charge in [0.1, 0.15) is 11.5 Å². The van der Waals surface area contributed by atoms with Crippen molar-refractivity contribution >= 4 is 23.0 Å². The largest absolute Gasteiger partial charge is 0.508 e. The van der Waals surface area contributed by atoms with E-state index in [9.17, 15) is 9.90 Å². The van der Waals surface area contributed by atoms with Crippen molar-refractivity contribution in [2.45, 2.75) is 0 Å². The Morgan fingerprint density at radius 1 is 1.06 bits per heavy atom. The second-order valence-corrected chi connectivity index (χ2v) is 3.98. The molecule has 0 fully saturated rings. The lowest BCUT2D eigenvalue weighted by Gasteiger charge is -1.98. The average Bonchev–Trinajstić information content (AvgIpc) is 2.66. The van der Waals surface area contributed by atoms with E-state index < -0.39 is 0 Å². The third-order valence-corrected chi connectivity index (χ3v) is 2.72. The molecule has 0 spiro atoms. The molecule has 0 saturated heterocycles. The molecule has 0 aliphatic carbocycles. The van der Waals surface area contributed by atoms with Crippen LogP contribution in [0.2, 0.25) is 0 Å². The van der Waals surface area contributed by atoms with Crippen LogP contribution in [-0.4, -0.2) is 16.7 Å². The second kappa shape index (κ2) is 4.00. The number of carbonyl (C=O) groups excluding carboxylic acids is 1. The number of fused-ring (bicyclic) bond motifs is 1. The molecule has 88 valence electrons. The van der Waals surface area contributed by atoms with Gasteiger partial charge in [-0.1, -0.05) is 24.3 Å². The highest BCUT2D eigenvalue weighted by Crippen LogP contribution is 2.26. The number of benzene rings is 2. The van der Waals surface area contributed by atoms with Gasteiger partial charge in [0.15, 0.2) is 0 Å². The first-order valence-corrected chi connectivity index (χ1v) is 5.52. The maximum atomic E-state index is 11.8. The molecule has 2 aromatic carbocycles. The van der Waals surface area contributed by atoms with Crippen LogP contribution in [0.5, 0.6) is 5.75 Å². The van der Waals surface area contributed by atoms with Crippen LogP contribution in [0.1, 0.15) is 5.56 Å². The van der Waals surface area contributed by atoms with Crippen molar-refractivity contribution in [1.29, 1.82) is 0 Å². The Balaban J connectivity index is 2.10. The summed E-state index contributed by atoms with van der Waals surface area (Å²) in [7, 11) is 0.